The van der Waals surface area contributed by atoms with E-state index in [1.165, 1.54) is 13.0 Å². The normalized spacial score (nSPS) is 9.64. The Kier molecular flexibility index (Phi) is 3.48. The number of nitriles is 2. The Labute approximate surface area is 65.5 Å². The van der Waals surface area contributed by atoms with Crippen LogP contribution >= 0.6 is 0 Å². The number of allylic oxidation sites excluding steroid dienone is 4. The first-order chi connectivity index (χ1) is 5.11. The van der Waals surface area contributed by atoms with Gasteiger partial charge in [-0.25, -0.2) is 0 Å². The molecule has 0 heterocycles. The molecule has 0 aromatic heterocycles. The van der Waals surface area contributed by atoms with Crippen LogP contribution in [-0.2, 0) is 0 Å². The minimum absolute atomic E-state index is 0.0263. The summed E-state index contributed by atoms with van der Waals surface area (Å²) in [6.07, 6.45) is 1.38. The van der Waals surface area contributed by atoms with Crippen molar-refractivity contribution in [1.29, 1.82) is 10.5 Å². The second-order valence-electron chi connectivity index (χ2n) is 2.07. The predicted molar refractivity (Wildman–Crippen MR) is 40.3 cm³/mol. The summed E-state index contributed by atoms with van der Waals surface area (Å²) >= 11 is 0. The van der Waals surface area contributed by atoms with E-state index < -0.39 is 0 Å². The maximum Gasteiger partial charge on any atom is 0.132 e. The van der Waals surface area contributed by atoms with Gasteiger partial charge in [0.05, 0.1) is 5.76 Å². The Balaban J connectivity index is 4.86. The Morgan fingerprint density at radius 1 is 1.27 bits per heavy atom. The molecule has 1 N–H and O–H groups in total. The summed E-state index contributed by atoms with van der Waals surface area (Å²) in [7, 11) is 0. The summed E-state index contributed by atoms with van der Waals surface area (Å²) in [5.74, 6) is 0.0884. The van der Waals surface area contributed by atoms with Gasteiger partial charge in [0, 0.05) is 0 Å². The fourth-order valence-corrected chi connectivity index (χ4v) is 0.587. The highest BCUT2D eigenvalue weighted by molar-refractivity contribution is 5.43. The summed E-state index contributed by atoms with van der Waals surface area (Å²) in [6, 6.07) is 3.44. The van der Waals surface area contributed by atoms with Crippen molar-refractivity contribution in [2.45, 2.75) is 13.8 Å². The van der Waals surface area contributed by atoms with Crippen LogP contribution in [0.15, 0.2) is 23.0 Å². The molecule has 0 saturated carbocycles. The second kappa shape index (κ2) is 4.14. The van der Waals surface area contributed by atoms with Crippen molar-refractivity contribution in [3.8, 4) is 12.1 Å². The van der Waals surface area contributed by atoms with Crippen molar-refractivity contribution < 1.29 is 5.11 Å². The van der Waals surface area contributed by atoms with E-state index in [0.717, 1.165) is 0 Å². The summed E-state index contributed by atoms with van der Waals surface area (Å²) in [6.45, 7) is 3.08. The molecule has 0 radical (unpaired) electrons. The van der Waals surface area contributed by atoms with Gasteiger partial charge in [0.1, 0.15) is 17.7 Å². The van der Waals surface area contributed by atoms with Crippen LogP contribution in [0.25, 0.3) is 0 Å². The lowest BCUT2D eigenvalue weighted by atomic mass is 10.1. The maximum absolute atomic E-state index is 8.77. The lowest BCUT2D eigenvalue weighted by Crippen LogP contribution is -1.80. The third-order valence-corrected chi connectivity index (χ3v) is 1.04. The Morgan fingerprint density at radius 3 is 2.00 bits per heavy atom. The molecule has 3 nitrogen and oxygen atoms in total. The molecule has 56 valence electrons. The van der Waals surface area contributed by atoms with Crippen LogP contribution in [0.5, 0.6) is 0 Å². The van der Waals surface area contributed by atoms with Crippen LogP contribution in [0.2, 0.25) is 0 Å². The Bertz CT molecular complexity index is 266. The lowest BCUT2D eigenvalue weighted by Gasteiger charge is -1.90. The third-order valence-electron chi connectivity index (χ3n) is 1.04. The Morgan fingerprint density at radius 2 is 1.73 bits per heavy atom. The van der Waals surface area contributed by atoms with Crippen molar-refractivity contribution >= 4 is 0 Å². The third kappa shape index (κ3) is 3.07. The molecule has 3 heteroatoms. The number of hydrogen-bond donors (Lipinski definition) is 1. The zero-order valence-electron chi connectivity index (χ0n) is 6.42. The fourth-order valence-electron chi connectivity index (χ4n) is 0.587. The predicted octanol–water partition coefficient (Wildman–Crippen LogP) is 1.81. The zero-order chi connectivity index (χ0) is 8.85. The van der Waals surface area contributed by atoms with E-state index in [9.17, 15) is 0 Å². The lowest BCUT2D eigenvalue weighted by molar-refractivity contribution is 0.414. The monoisotopic (exact) mass is 148 g/mol. The van der Waals surface area contributed by atoms with Crippen LogP contribution < -0.4 is 0 Å². The van der Waals surface area contributed by atoms with Crippen molar-refractivity contribution in [3.05, 3.63) is 23.0 Å². The highest BCUT2D eigenvalue weighted by Crippen LogP contribution is 2.04. The summed E-state index contributed by atoms with van der Waals surface area (Å²) in [5, 5.41) is 25.5. The van der Waals surface area contributed by atoms with Gasteiger partial charge in [0.15, 0.2) is 0 Å². The molecule has 0 amide bonds. The quantitative estimate of drug-likeness (QED) is 0.350. The van der Waals surface area contributed by atoms with Crippen molar-refractivity contribution in [3.63, 3.8) is 0 Å². The molecule has 0 bridgehead atoms. The van der Waals surface area contributed by atoms with Gasteiger partial charge in [0.25, 0.3) is 0 Å². The van der Waals surface area contributed by atoms with Crippen LogP contribution in [0, 0.1) is 22.7 Å². The first-order valence-electron chi connectivity index (χ1n) is 3.00. The van der Waals surface area contributed by atoms with Crippen molar-refractivity contribution in [1.82, 2.24) is 0 Å². The molecule has 0 fully saturated rings. The number of nitrogens with zero attached hydrogens (tertiary/aromatic N) is 2. The number of hydrogen-bond acceptors (Lipinski definition) is 3. The van der Waals surface area contributed by atoms with E-state index in [2.05, 4.69) is 0 Å². The molecular formula is C8H8N2O. The summed E-state index contributed by atoms with van der Waals surface area (Å²) in [5.41, 5.74) is 0.508. The van der Waals surface area contributed by atoms with Crippen molar-refractivity contribution in [2.75, 3.05) is 0 Å². The van der Waals surface area contributed by atoms with Gasteiger partial charge < -0.3 is 5.11 Å². The first kappa shape index (κ1) is 9.26. The first-order valence-corrected chi connectivity index (χ1v) is 3.00. The molecule has 0 aromatic rings. The minimum atomic E-state index is 0.0263. The highest BCUT2D eigenvalue weighted by atomic mass is 16.3. The van der Waals surface area contributed by atoms with Gasteiger partial charge in [-0.1, -0.05) is 0 Å². The maximum atomic E-state index is 8.77. The van der Waals surface area contributed by atoms with Gasteiger partial charge in [-0.05, 0) is 25.5 Å². The van der Waals surface area contributed by atoms with E-state index in [1.807, 2.05) is 0 Å². The molecule has 0 saturated heterocycles. The van der Waals surface area contributed by atoms with E-state index in [0.29, 0.717) is 5.57 Å². The largest absolute Gasteiger partial charge is 0.513 e. The molecule has 0 aliphatic carbocycles. The van der Waals surface area contributed by atoms with Gasteiger partial charge >= 0.3 is 0 Å². The average molecular weight is 148 g/mol. The summed E-state index contributed by atoms with van der Waals surface area (Å²) in [4.78, 5) is 0. The van der Waals surface area contributed by atoms with Gasteiger partial charge in [0.2, 0.25) is 0 Å². The fraction of sp³-hybridized carbons (Fsp3) is 0.250. The molecule has 0 rings (SSSR count). The molecule has 0 aliphatic rings. The van der Waals surface area contributed by atoms with E-state index in [4.69, 9.17) is 15.6 Å². The summed E-state index contributed by atoms with van der Waals surface area (Å²) < 4.78 is 0. The van der Waals surface area contributed by atoms with Gasteiger partial charge in [-0.3, -0.25) is 0 Å². The van der Waals surface area contributed by atoms with Gasteiger partial charge in [-0.2, -0.15) is 10.5 Å². The number of rotatable bonds is 1. The van der Waals surface area contributed by atoms with Crippen LogP contribution in [0.3, 0.4) is 0 Å². The van der Waals surface area contributed by atoms with Crippen LogP contribution in [0.4, 0.5) is 0 Å². The minimum Gasteiger partial charge on any atom is -0.513 e. The van der Waals surface area contributed by atoms with E-state index in [1.54, 1.807) is 19.1 Å². The van der Waals surface area contributed by atoms with E-state index in [-0.39, 0.29) is 11.3 Å². The molecule has 0 aliphatic heterocycles. The molecule has 0 aromatic carbocycles. The molecule has 11 heavy (non-hydrogen) atoms. The molecular weight excluding hydrogens is 140 g/mol. The SMILES string of the molecule is CC(/C=C(/C)O)=C(C#N)C#N. The molecule has 0 spiro atoms. The number of aliphatic hydroxyl groups is 1. The van der Waals surface area contributed by atoms with E-state index >= 15 is 0 Å². The molecule has 0 atom stereocenters. The van der Waals surface area contributed by atoms with Crippen LogP contribution in [0.1, 0.15) is 13.8 Å². The number of aliphatic hydroxyl groups excluding tert-OH is 1. The zero-order valence-corrected chi connectivity index (χ0v) is 6.42. The van der Waals surface area contributed by atoms with Crippen LogP contribution in [-0.4, -0.2) is 5.11 Å². The average Bonchev–Trinajstić information content (AvgIpc) is 1.88. The smallest absolute Gasteiger partial charge is 0.132 e. The van der Waals surface area contributed by atoms with Gasteiger partial charge in [-0.15, -0.1) is 0 Å². The standard InChI is InChI=1S/C8H8N2O/c1-6(3-7(2)11)8(4-9)5-10/h3,11H,1-2H3/b7-3-. The topological polar surface area (TPSA) is 67.8 Å². The second-order valence-corrected chi connectivity index (χ2v) is 2.07. The highest BCUT2D eigenvalue weighted by Gasteiger charge is 1.96. The molecule has 0 unspecified atom stereocenters. The van der Waals surface area contributed by atoms with Crippen molar-refractivity contribution in [2.24, 2.45) is 0 Å². The Hall–Kier alpha value is -1.74.